The Bertz CT molecular complexity index is 541. The summed E-state index contributed by atoms with van der Waals surface area (Å²) in [6.45, 7) is 0.334. The van der Waals surface area contributed by atoms with Gasteiger partial charge in [0.15, 0.2) is 5.75 Å². The van der Waals surface area contributed by atoms with Gasteiger partial charge in [0, 0.05) is 20.8 Å². The Balaban J connectivity index is 2.11. The third kappa shape index (κ3) is 3.04. The lowest BCUT2D eigenvalue weighted by molar-refractivity contribution is -0.385. The monoisotopic (exact) mass is 313 g/mol. The third-order valence-electron chi connectivity index (χ3n) is 2.05. The van der Waals surface area contributed by atoms with Gasteiger partial charge in [-0.15, -0.1) is 11.3 Å². The molecular weight excluding hydrogens is 306 g/mol. The third-order valence-corrected chi connectivity index (χ3v) is 3.72. The second-order valence-corrected chi connectivity index (χ2v) is 5.16. The van der Waals surface area contributed by atoms with Crippen LogP contribution in [0.25, 0.3) is 0 Å². The summed E-state index contributed by atoms with van der Waals surface area (Å²) in [6.07, 6.45) is 0. The smallest absolute Gasteiger partial charge is 0.310 e. The summed E-state index contributed by atoms with van der Waals surface area (Å²) in [5.41, 5.74) is -0.0110. The van der Waals surface area contributed by atoms with Gasteiger partial charge in [-0.25, -0.2) is 0 Å². The van der Waals surface area contributed by atoms with Crippen LogP contribution in [0.1, 0.15) is 4.88 Å². The normalized spacial score (nSPS) is 10.2. The average molecular weight is 314 g/mol. The first-order valence-corrected chi connectivity index (χ1v) is 6.43. The molecule has 0 aliphatic heterocycles. The molecule has 0 spiro atoms. The zero-order valence-corrected chi connectivity index (χ0v) is 11.0. The molecule has 0 fully saturated rings. The van der Waals surface area contributed by atoms with Gasteiger partial charge in [0.05, 0.1) is 4.92 Å². The van der Waals surface area contributed by atoms with Crippen molar-refractivity contribution in [1.82, 2.24) is 0 Å². The minimum atomic E-state index is -0.445. The maximum Gasteiger partial charge on any atom is 0.310 e. The highest BCUT2D eigenvalue weighted by Crippen LogP contribution is 2.28. The van der Waals surface area contributed by atoms with E-state index in [1.54, 1.807) is 29.5 Å². The quantitative estimate of drug-likeness (QED) is 0.633. The van der Waals surface area contributed by atoms with Gasteiger partial charge in [-0.05, 0) is 28.1 Å². The van der Waals surface area contributed by atoms with E-state index in [9.17, 15) is 10.1 Å². The van der Waals surface area contributed by atoms with Crippen molar-refractivity contribution in [2.24, 2.45) is 0 Å². The van der Waals surface area contributed by atoms with E-state index in [2.05, 4.69) is 15.9 Å². The van der Waals surface area contributed by atoms with Crippen LogP contribution in [0, 0.1) is 10.1 Å². The van der Waals surface area contributed by atoms with Gasteiger partial charge in [0.1, 0.15) is 6.61 Å². The Labute approximate surface area is 110 Å². The van der Waals surface area contributed by atoms with Crippen LogP contribution >= 0.6 is 27.3 Å². The lowest BCUT2D eigenvalue weighted by atomic mass is 10.3. The number of hydrogen-bond acceptors (Lipinski definition) is 4. The largest absolute Gasteiger partial charge is 0.481 e. The van der Waals surface area contributed by atoms with Crippen LogP contribution in [0.3, 0.4) is 0 Å². The first kappa shape index (κ1) is 12.1. The van der Waals surface area contributed by atoms with Crippen LogP contribution in [0.2, 0.25) is 0 Å². The van der Waals surface area contributed by atoms with Crippen molar-refractivity contribution in [2.75, 3.05) is 0 Å². The van der Waals surface area contributed by atoms with Crippen LogP contribution in [0.5, 0.6) is 5.75 Å². The maximum absolute atomic E-state index is 10.8. The molecule has 0 radical (unpaired) electrons. The van der Waals surface area contributed by atoms with E-state index in [1.165, 1.54) is 6.07 Å². The summed E-state index contributed by atoms with van der Waals surface area (Å²) >= 11 is 4.88. The Hall–Kier alpha value is -1.40. The average Bonchev–Trinajstić information content (AvgIpc) is 2.73. The topological polar surface area (TPSA) is 52.4 Å². The summed E-state index contributed by atoms with van der Waals surface area (Å²) in [5.74, 6) is 0.294. The first-order chi connectivity index (χ1) is 8.16. The van der Waals surface area contributed by atoms with Gasteiger partial charge in [-0.2, -0.15) is 0 Å². The molecule has 6 heteroatoms. The van der Waals surface area contributed by atoms with Gasteiger partial charge >= 0.3 is 5.69 Å². The molecule has 0 atom stereocenters. The van der Waals surface area contributed by atoms with Crippen LogP contribution < -0.4 is 4.74 Å². The highest BCUT2D eigenvalue weighted by molar-refractivity contribution is 9.10. The van der Waals surface area contributed by atoms with E-state index in [-0.39, 0.29) is 5.69 Å². The molecule has 88 valence electrons. The minimum absolute atomic E-state index is 0.0110. The van der Waals surface area contributed by atoms with E-state index in [4.69, 9.17) is 4.74 Å². The van der Waals surface area contributed by atoms with Crippen molar-refractivity contribution < 1.29 is 9.66 Å². The molecule has 0 aliphatic carbocycles. The number of nitrogens with zero attached hydrogens (tertiary/aromatic N) is 1. The zero-order valence-electron chi connectivity index (χ0n) is 8.63. The highest BCUT2D eigenvalue weighted by atomic mass is 79.9. The summed E-state index contributed by atoms with van der Waals surface area (Å²) in [7, 11) is 0. The van der Waals surface area contributed by atoms with E-state index >= 15 is 0 Å². The first-order valence-electron chi connectivity index (χ1n) is 4.76. The summed E-state index contributed by atoms with van der Waals surface area (Å²) < 4.78 is 6.44. The Morgan fingerprint density at radius 3 is 2.82 bits per heavy atom. The van der Waals surface area contributed by atoms with E-state index in [0.29, 0.717) is 12.4 Å². The van der Waals surface area contributed by atoms with Crippen molar-refractivity contribution >= 4 is 33.0 Å². The Morgan fingerprint density at radius 1 is 1.41 bits per heavy atom. The number of benzene rings is 1. The van der Waals surface area contributed by atoms with Crippen LogP contribution in [-0.4, -0.2) is 4.92 Å². The number of para-hydroxylation sites is 2. The number of ether oxygens (including phenoxy) is 1. The molecule has 1 aromatic heterocycles. The summed E-state index contributed by atoms with van der Waals surface area (Å²) in [6, 6.07) is 8.29. The molecule has 0 N–H and O–H groups in total. The fourth-order valence-electron chi connectivity index (χ4n) is 1.31. The van der Waals surface area contributed by atoms with Gasteiger partial charge in [0.2, 0.25) is 0 Å². The molecule has 0 bridgehead atoms. The standard InChI is InChI=1S/C11H8BrNO3S/c12-8-5-9(17-7-8)6-16-11-4-2-1-3-10(11)13(14)15/h1-5,7H,6H2. The molecule has 0 amide bonds. The fourth-order valence-corrected chi connectivity index (χ4v) is 2.67. The molecule has 0 aliphatic rings. The van der Waals surface area contributed by atoms with Gasteiger partial charge < -0.3 is 4.74 Å². The van der Waals surface area contributed by atoms with Crippen LogP contribution in [0.4, 0.5) is 5.69 Å². The summed E-state index contributed by atoms with van der Waals surface area (Å²) in [5, 5.41) is 12.7. The lowest BCUT2D eigenvalue weighted by Gasteiger charge is -2.04. The highest BCUT2D eigenvalue weighted by Gasteiger charge is 2.13. The SMILES string of the molecule is O=[N+]([O-])c1ccccc1OCc1cc(Br)cs1. The number of rotatable bonds is 4. The fraction of sp³-hybridized carbons (Fsp3) is 0.0909. The molecular formula is C11H8BrNO3S. The van der Waals surface area contributed by atoms with Crippen molar-refractivity contribution in [2.45, 2.75) is 6.61 Å². The number of thiophene rings is 1. The Morgan fingerprint density at radius 2 is 2.18 bits per heavy atom. The number of nitro benzene ring substituents is 1. The van der Waals surface area contributed by atoms with Crippen molar-refractivity contribution in [3.05, 3.63) is 55.2 Å². The van der Waals surface area contributed by atoms with E-state index in [1.807, 2.05) is 11.4 Å². The van der Waals surface area contributed by atoms with Crippen LogP contribution in [-0.2, 0) is 6.61 Å². The molecule has 2 rings (SSSR count). The van der Waals surface area contributed by atoms with Crippen molar-refractivity contribution in [3.8, 4) is 5.75 Å². The van der Waals surface area contributed by atoms with Crippen LogP contribution in [0.15, 0.2) is 40.2 Å². The van der Waals surface area contributed by atoms with E-state index in [0.717, 1.165) is 9.35 Å². The lowest BCUT2D eigenvalue weighted by Crippen LogP contribution is -1.97. The van der Waals surface area contributed by atoms with Gasteiger partial charge in [-0.3, -0.25) is 10.1 Å². The molecule has 0 unspecified atom stereocenters. The molecule has 0 saturated carbocycles. The Kier molecular flexibility index (Phi) is 3.75. The molecule has 4 nitrogen and oxygen atoms in total. The van der Waals surface area contributed by atoms with Gasteiger partial charge in [0.25, 0.3) is 0 Å². The number of halogens is 1. The minimum Gasteiger partial charge on any atom is -0.481 e. The molecule has 1 heterocycles. The zero-order chi connectivity index (χ0) is 12.3. The molecule has 0 saturated heterocycles. The molecule has 2 aromatic rings. The predicted octanol–water partition coefficient (Wildman–Crippen LogP) is 4.00. The maximum atomic E-state index is 10.8. The number of hydrogen-bond donors (Lipinski definition) is 0. The summed E-state index contributed by atoms with van der Waals surface area (Å²) in [4.78, 5) is 11.3. The van der Waals surface area contributed by atoms with Crippen molar-refractivity contribution in [1.29, 1.82) is 0 Å². The van der Waals surface area contributed by atoms with E-state index < -0.39 is 4.92 Å². The molecule has 17 heavy (non-hydrogen) atoms. The molecule has 1 aromatic carbocycles. The van der Waals surface area contributed by atoms with Gasteiger partial charge in [-0.1, -0.05) is 12.1 Å². The second-order valence-electron chi connectivity index (χ2n) is 3.24. The van der Waals surface area contributed by atoms with Crippen molar-refractivity contribution in [3.63, 3.8) is 0 Å². The predicted molar refractivity (Wildman–Crippen MR) is 69.4 cm³/mol. The second kappa shape index (κ2) is 5.29. The number of nitro groups is 1.